The predicted molar refractivity (Wildman–Crippen MR) is 66.0 cm³/mol. The number of rotatable bonds is 4. The number of carbonyl (C=O) groups excluding carboxylic acids is 1. The fourth-order valence-electron chi connectivity index (χ4n) is 1.90. The fourth-order valence-corrected chi connectivity index (χ4v) is 2.85. The molecule has 0 saturated carbocycles. The van der Waals surface area contributed by atoms with Gasteiger partial charge in [-0.1, -0.05) is 0 Å². The number of aromatic nitrogens is 2. The van der Waals surface area contributed by atoms with Crippen molar-refractivity contribution < 1.29 is 4.79 Å². The highest BCUT2D eigenvalue weighted by atomic mass is 32.2. The van der Waals surface area contributed by atoms with Crippen LogP contribution in [0.5, 0.6) is 0 Å². The molecule has 0 aliphatic carbocycles. The number of Topliss-reactive ketones (excluding diaryl/α,β-unsaturated/α-hetero) is 1. The van der Waals surface area contributed by atoms with Crippen LogP contribution in [0.3, 0.4) is 0 Å². The first-order valence-corrected chi connectivity index (χ1v) is 6.83. The van der Waals surface area contributed by atoms with E-state index in [2.05, 4.69) is 10.4 Å². The second kappa shape index (κ2) is 5.50. The van der Waals surface area contributed by atoms with E-state index >= 15 is 0 Å². The third kappa shape index (κ3) is 2.65. The van der Waals surface area contributed by atoms with E-state index in [0.29, 0.717) is 12.5 Å². The number of hydrogen-bond donors (Lipinski definition) is 1. The largest absolute Gasteiger partial charge is 0.312 e. The van der Waals surface area contributed by atoms with Gasteiger partial charge in [-0.3, -0.25) is 9.48 Å². The maximum absolute atomic E-state index is 12.0. The third-order valence-corrected chi connectivity index (χ3v) is 3.86. The van der Waals surface area contributed by atoms with Crippen molar-refractivity contribution >= 4 is 17.5 Å². The number of ketones is 1. The highest BCUT2D eigenvalue weighted by Crippen LogP contribution is 2.13. The van der Waals surface area contributed by atoms with Gasteiger partial charge in [-0.15, -0.1) is 0 Å². The van der Waals surface area contributed by atoms with Gasteiger partial charge in [0.15, 0.2) is 5.78 Å². The fraction of sp³-hybridized carbons (Fsp3) is 0.636. The van der Waals surface area contributed by atoms with Crippen LogP contribution in [0.4, 0.5) is 0 Å². The number of nitrogens with zero attached hydrogens (tertiary/aromatic N) is 2. The van der Waals surface area contributed by atoms with Gasteiger partial charge in [-0.25, -0.2) is 0 Å². The summed E-state index contributed by atoms with van der Waals surface area (Å²) in [4.78, 5) is 12.0. The summed E-state index contributed by atoms with van der Waals surface area (Å²) in [7, 11) is 0. The van der Waals surface area contributed by atoms with Crippen LogP contribution in [-0.4, -0.2) is 39.7 Å². The number of thioether (sulfide) groups is 1. The Labute approximate surface area is 99.8 Å². The minimum absolute atomic E-state index is 0.194. The summed E-state index contributed by atoms with van der Waals surface area (Å²) in [6.07, 6.45) is 2.28. The quantitative estimate of drug-likeness (QED) is 0.802. The Morgan fingerprint density at radius 2 is 2.62 bits per heavy atom. The lowest BCUT2D eigenvalue weighted by atomic mass is 10.1. The van der Waals surface area contributed by atoms with Crippen molar-refractivity contribution in [3.63, 3.8) is 0 Å². The van der Waals surface area contributed by atoms with Gasteiger partial charge < -0.3 is 5.32 Å². The molecular weight excluding hydrogens is 222 g/mol. The lowest BCUT2D eigenvalue weighted by molar-refractivity contribution is 0.0961. The van der Waals surface area contributed by atoms with E-state index in [4.69, 9.17) is 0 Å². The minimum Gasteiger partial charge on any atom is -0.312 e. The molecule has 0 spiro atoms. The molecule has 1 atom stereocenters. The maximum atomic E-state index is 12.0. The van der Waals surface area contributed by atoms with Crippen molar-refractivity contribution in [1.82, 2.24) is 15.1 Å². The molecule has 88 valence electrons. The predicted octanol–water partition coefficient (Wildman–Crippen LogP) is 1.18. The molecule has 1 aliphatic rings. The molecule has 5 heteroatoms. The molecule has 2 heterocycles. The molecule has 16 heavy (non-hydrogen) atoms. The summed E-state index contributed by atoms with van der Waals surface area (Å²) in [5, 5.41) is 7.50. The van der Waals surface area contributed by atoms with Gasteiger partial charge in [0.2, 0.25) is 0 Å². The van der Waals surface area contributed by atoms with Crippen LogP contribution in [0.25, 0.3) is 0 Å². The molecule has 0 amide bonds. The lowest BCUT2D eigenvalue weighted by Crippen LogP contribution is -2.39. The Hall–Kier alpha value is -0.810. The monoisotopic (exact) mass is 239 g/mol. The van der Waals surface area contributed by atoms with E-state index in [1.165, 1.54) is 0 Å². The van der Waals surface area contributed by atoms with E-state index in [1.54, 1.807) is 10.9 Å². The van der Waals surface area contributed by atoms with Gasteiger partial charge in [-0.2, -0.15) is 16.9 Å². The first kappa shape index (κ1) is 11.7. The van der Waals surface area contributed by atoms with E-state index in [0.717, 1.165) is 30.3 Å². The van der Waals surface area contributed by atoms with Crippen LogP contribution in [0.2, 0.25) is 0 Å². The number of carbonyl (C=O) groups is 1. The summed E-state index contributed by atoms with van der Waals surface area (Å²) in [6.45, 7) is 3.76. The molecule has 1 saturated heterocycles. The van der Waals surface area contributed by atoms with E-state index in [9.17, 15) is 4.79 Å². The molecule has 1 aromatic heterocycles. The van der Waals surface area contributed by atoms with Gasteiger partial charge >= 0.3 is 0 Å². The molecule has 2 rings (SSSR count). The van der Waals surface area contributed by atoms with Gasteiger partial charge in [0.05, 0.1) is 0 Å². The van der Waals surface area contributed by atoms with E-state index in [1.807, 2.05) is 24.8 Å². The first-order valence-electron chi connectivity index (χ1n) is 5.67. The number of nitrogens with one attached hydrogen (secondary N) is 1. The van der Waals surface area contributed by atoms with Crippen LogP contribution >= 0.6 is 11.8 Å². The summed E-state index contributed by atoms with van der Waals surface area (Å²) in [5.74, 6) is 2.38. The van der Waals surface area contributed by atoms with Crippen molar-refractivity contribution in [3.8, 4) is 0 Å². The molecular formula is C11H17N3OS. The average molecular weight is 239 g/mol. The van der Waals surface area contributed by atoms with Crippen LogP contribution in [0.15, 0.2) is 12.3 Å². The summed E-state index contributed by atoms with van der Waals surface area (Å²) in [5.41, 5.74) is 0.736. The molecule has 1 unspecified atom stereocenters. The smallest absolute Gasteiger partial charge is 0.182 e. The molecule has 4 nitrogen and oxygen atoms in total. The van der Waals surface area contributed by atoms with E-state index in [-0.39, 0.29) is 5.78 Å². The summed E-state index contributed by atoms with van der Waals surface area (Å²) >= 11 is 1.92. The van der Waals surface area contributed by atoms with Gasteiger partial charge in [0.25, 0.3) is 0 Å². The molecule has 1 aromatic rings. The van der Waals surface area contributed by atoms with Crippen molar-refractivity contribution in [1.29, 1.82) is 0 Å². The Kier molecular flexibility index (Phi) is 4.01. The normalized spacial score (nSPS) is 20.9. The number of aryl methyl sites for hydroxylation is 1. The van der Waals surface area contributed by atoms with Crippen LogP contribution in [-0.2, 0) is 6.54 Å². The Balaban J connectivity index is 1.96. The Morgan fingerprint density at radius 1 is 1.75 bits per heavy atom. The summed E-state index contributed by atoms with van der Waals surface area (Å²) < 4.78 is 1.76. The highest BCUT2D eigenvalue weighted by molar-refractivity contribution is 7.99. The second-order valence-electron chi connectivity index (χ2n) is 3.89. The van der Waals surface area contributed by atoms with Crippen molar-refractivity contribution in [2.24, 2.45) is 0 Å². The van der Waals surface area contributed by atoms with Crippen LogP contribution in [0, 0.1) is 0 Å². The molecule has 0 bridgehead atoms. The number of hydrogen-bond acceptors (Lipinski definition) is 4. The zero-order chi connectivity index (χ0) is 11.4. The van der Waals surface area contributed by atoms with Crippen LogP contribution < -0.4 is 5.32 Å². The third-order valence-electron chi connectivity index (χ3n) is 2.73. The molecule has 0 aromatic carbocycles. The highest BCUT2D eigenvalue weighted by Gasteiger charge is 2.19. The average Bonchev–Trinajstić information content (AvgIpc) is 2.78. The van der Waals surface area contributed by atoms with Gasteiger partial charge in [0.1, 0.15) is 5.69 Å². The van der Waals surface area contributed by atoms with Gasteiger partial charge in [0, 0.05) is 43.3 Å². The molecule has 1 N–H and O–H groups in total. The van der Waals surface area contributed by atoms with Crippen molar-refractivity contribution in [3.05, 3.63) is 18.0 Å². The minimum atomic E-state index is 0.194. The van der Waals surface area contributed by atoms with Gasteiger partial charge in [-0.05, 0) is 13.0 Å². The zero-order valence-corrected chi connectivity index (χ0v) is 10.3. The Morgan fingerprint density at radius 3 is 3.31 bits per heavy atom. The molecule has 0 radical (unpaired) electrons. The SMILES string of the molecule is CCn1nccc1C(=O)CC1CSCCN1. The maximum Gasteiger partial charge on any atom is 0.182 e. The van der Waals surface area contributed by atoms with Crippen molar-refractivity contribution in [2.45, 2.75) is 25.9 Å². The van der Waals surface area contributed by atoms with Crippen LogP contribution in [0.1, 0.15) is 23.8 Å². The standard InChI is InChI=1S/C11H17N3OS/c1-2-14-10(3-4-13-14)11(15)7-9-8-16-6-5-12-9/h3-4,9,12H,2,5-8H2,1H3. The molecule has 1 aliphatic heterocycles. The summed E-state index contributed by atoms with van der Waals surface area (Å²) in [6, 6.07) is 2.13. The Bertz CT molecular complexity index is 358. The lowest BCUT2D eigenvalue weighted by Gasteiger charge is -2.22. The van der Waals surface area contributed by atoms with E-state index < -0.39 is 0 Å². The zero-order valence-electron chi connectivity index (χ0n) is 9.48. The second-order valence-corrected chi connectivity index (χ2v) is 5.04. The molecule has 1 fully saturated rings. The van der Waals surface area contributed by atoms with Crippen molar-refractivity contribution in [2.75, 3.05) is 18.1 Å². The first-order chi connectivity index (χ1) is 7.81. The topological polar surface area (TPSA) is 46.9 Å².